The number of aryl methyl sites for hydroxylation is 1. The second-order valence-electron chi connectivity index (χ2n) is 4.39. The highest BCUT2D eigenvalue weighted by atomic mass is 32.1. The predicted molar refractivity (Wildman–Crippen MR) is 74.8 cm³/mol. The van der Waals surface area contributed by atoms with Crippen LogP contribution in [0.5, 0.6) is 0 Å². The Morgan fingerprint density at radius 2 is 2.24 bits per heavy atom. The second-order valence-corrected chi connectivity index (χ2v) is 4.78. The lowest BCUT2D eigenvalue weighted by Gasteiger charge is -2.10. The summed E-state index contributed by atoms with van der Waals surface area (Å²) in [6.07, 6.45) is -1.40. The lowest BCUT2D eigenvalue weighted by Crippen LogP contribution is -2.16. The van der Waals surface area contributed by atoms with Gasteiger partial charge in [-0.3, -0.25) is 9.78 Å². The van der Waals surface area contributed by atoms with Gasteiger partial charge in [-0.2, -0.15) is 0 Å². The third-order valence-electron chi connectivity index (χ3n) is 3.11. The first-order valence-electron chi connectivity index (χ1n) is 5.95. The number of H-pyrrole nitrogens is 1. The zero-order valence-electron chi connectivity index (χ0n) is 10.8. The zero-order chi connectivity index (χ0) is 15.1. The number of rotatable bonds is 2. The van der Waals surface area contributed by atoms with Gasteiger partial charge in [0.2, 0.25) is 0 Å². The van der Waals surface area contributed by atoms with Gasteiger partial charge in [-0.25, -0.2) is 13.8 Å². The van der Waals surface area contributed by atoms with E-state index in [-0.39, 0.29) is 21.5 Å². The van der Waals surface area contributed by atoms with Gasteiger partial charge in [-0.05, 0) is 30.4 Å². The molecule has 0 bridgehead atoms. The number of aromatic nitrogens is 3. The number of hydrogen-bond donors (Lipinski definition) is 1. The van der Waals surface area contributed by atoms with Crippen molar-refractivity contribution in [2.75, 3.05) is 0 Å². The lowest BCUT2D eigenvalue weighted by molar-refractivity contribution is 0.153. The third-order valence-corrected chi connectivity index (χ3v) is 3.49. The maximum absolute atomic E-state index is 13.3. The van der Waals surface area contributed by atoms with Crippen molar-refractivity contribution < 1.29 is 13.2 Å². The van der Waals surface area contributed by atoms with Gasteiger partial charge in [0.15, 0.2) is 10.5 Å². The Balaban J connectivity index is 2.49. The predicted octanol–water partition coefficient (Wildman–Crippen LogP) is 3.19. The molecular weight excluding hydrogens is 300 g/mol. The average Bonchev–Trinajstić information content (AvgIpc) is 2.97. The van der Waals surface area contributed by atoms with E-state index in [1.165, 1.54) is 10.8 Å². The number of halogens is 2. The van der Waals surface area contributed by atoms with E-state index < -0.39 is 17.5 Å². The molecule has 0 unspecified atom stereocenters. The molecular formula is C13H9F2N3O2S. The van der Waals surface area contributed by atoms with Gasteiger partial charge in [0.05, 0.1) is 11.6 Å². The molecule has 3 heterocycles. The highest BCUT2D eigenvalue weighted by Crippen LogP contribution is 2.29. The Kier molecular flexibility index (Phi) is 3.17. The smallest absolute Gasteiger partial charge is 0.264 e. The Labute approximate surface area is 121 Å². The molecule has 21 heavy (non-hydrogen) atoms. The van der Waals surface area contributed by atoms with Crippen molar-refractivity contribution in [1.29, 1.82) is 0 Å². The molecule has 0 aliphatic rings. The quantitative estimate of drug-likeness (QED) is 0.738. The Bertz CT molecular complexity index is 929. The normalized spacial score (nSPS) is 11.4. The molecule has 0 atom stereocenters. The molecule has 1 N–H and O–H groups in total. The molecule has 3 rings (SSSR count). The molecule has 108 valence electrons. The number of aromatic amines is 1. The maximum atomic E-state index is 13.3. The summed E-state index contributed by atoms with van der Waals surface area (Å²) >= 11 is 4.98. The SMILES string of the molecule is Cn1c(=S)[nH]c(=O)c2c(C(F)F)cc(-c3ccco3)nc21. The number of alkyl halides is 2. The van der Waals surface area contributed by atoms with E-state index in [0.29, 0.717) is 5.76 Å². The van der Waals surface area contributed by atoms with Crippen LogP contribution in [-0.2, 0) is 7.05 Å². The van der Waals surface area contributed by atoms with Gasteiger partial charge in [-0.1, -0.05) is 0 Å². The van der Waals surface area contributed by atoms with Gasteiger partial charge >= 0.3 is 0 Å². The molecule has 0 radical (unpaired) electrons. The van der Waals surface area contributed by atoms with Gasteiger partial charge in [-0.15, -0.1) is 0 Å². The molecule has 8 heteroatoms. The van der Waals surface area contributed by atoms with Gasteiger partial charge in [0, 0.05) is 12.6 Å². The molecule has 0 spiro atoms. The fourth-order valence-corrected chi connectivity index (χ4v) is 2.27. The first-order chi connectivity index (χ1) is 9.99. The summed E-state index contributed by atoms with van der Waals surface area (Å²) in [5, 5.41) is -0.170. The van der Waals surface area contributed by atoms with Crippen LogP contribution >= 0.6 is 12.2 Å². The van der Waals surface area contributed by atoms with E-state index in [9.17, 15) is 13.6 Å². The number of furan rings is 1. The summed E-state index contributed by atoms with van der Waals surface area (Å²) in [5.74, 6) is 0.338. The van der Waals surface area contributed by atoms with E-state index >= 15 is 0 Å². The summed E-state index contributed by atoms with van der Waals surface area (Å²) in [6, 6.07) is 4.38. The van der Waals surface area contributed by atoms with Crippen LogP contribution in [0.3, 0.4) is 0 Å². The van der Waals surface area contributed by atoms with Crippen molar-refractivity contribution in [2.45, 2.75) is 6.43 Å². The van der Waals surface area contributed by atoms with Crippen LogP contribution in [0.15, 0.2) is 33.7 Å². The minimum Gasteiger partial charge on any atom is -0.463 e. The highest BCUT2D eigenvalue weighted by Gasteiger charge is 2.20. The molecule has 0 aliphatic heterocycles. The van der Waals surface area contributed by atoms with Gasteiger partial charge in [0.1, 0.15) is 11.3 Å². The number of nitrogens with one attached hydrogen (secondary N) is 1. The van der Waals surface area contributed by atoms with E-state index in [1.807, 2.05) is 0 Å². The van der Waals surface area contributed by atoms with Gasteiger partial charge < -0.3 is 8.98 Å². The van der Waals surface area contributed by atoms with Crippen LogP contribution in [0.25, 0.3) is 22.5 Å². The van der Waals surface area contributed by atoms with Crippen molar-refractivity contribution in [3.63, 3.8) is 0 Å². The topological polar surface area (TPSA) is 63.8 Å². The summed E-state index contributed by atoms with van der Waals surface area (Å²) in [6.45, 7) is 0. The fraction of sp³-hybridized carbons (Fsp3) is 0.154. The van der Waals surface area contributed by atoms with Crippen LogP contribution in [-0.4, -0.2) is 14.5 Å². The Morgan fingerprint density at radius 3 is 2.86 bits per heavy atom. The lowest BCUT2D eigenvalue weighted by atomic mass is 10.1. The number of fused-ring (bicyclic) bond motifs is 1. The Hall–Kier alpha value is -2.35. The van der Waals surface area contributed by atoms with Crippen molar-refractivity contribution in [2.24, 2.45) is 7.05 Å². The van der Waals surface area contributed by atoms with E-state index in [0.717, 1.165) is 6.07 Å². The van der Waals surface area contributed by atoms with Crippen LogP contribution in [0.1, 0.15) is 12.0 Å². The largest absolute Gasteiger partial charge is 0.463 e. The summed E-state index contributed by atoms with van der Waals surface area (Å²) < 4.78 is 33.2. The molecule has 0 saturated carbocycles. The standard InChI is InChI=1S/C13H9F2N3O2S/c1-18-11-9(12(19)17-13(18)21)6(10(14)15)5-7(16-11)8-3-2-4-20-8/h2-5,10H,1H3,(H,17,19,21). The molecule has 3 aromatic heterocycles. The van der Waals surface area contributed by atoms with Crippen molar-refractivity contribution in [3.8, 4) is 11.5 Å². The van der Waals surface area contributed by atoms with Crippen LogP contribution in [0.4, 0.5) is 8.78 Å². The molecule has 3 aromatic rings. The monoisotopic (exact) mass is 309 g/mol. The Morgan fingerprint density at radius 1 is 1.48 bits per heavy atom. The highest BCUT2D eigenvalue weighted by molar-refractivity contribution is 7.71. The summed E-state index contributed by atoms with van der Waals surface area (Å²) in [4.78, 5) is 18.5. The summed E-state index contributed by atoms with van der Waals surface area (Å²) in [5.41, 5.74) is -0.772. The van der Waals surface area contributed by atoms with E-state index in [1.54, 1.807) is 19.2 Å². The molecule has 0 aromatic carbocycles. The van der Waals surface area contributed by atoms with Crippen molar-refractivity contribution in [3.05, 3.63) is 45.2 Å². The second kappa shape index (κ2) is 4.88. The molecule has 0 saturated heterocycles. The average molecular weight is 309 g/mol. The first-order valence-corrected chi connectivity index (χ1v) is 6.36. The zero-order valence-corrected chi connectivity index (χ0v) is 11.6. The maximum Gasteiger partial charge on any atom is 0.264 e. The molecule has 0 amide bonds. The number of hydrogen-bond acceptors (Lipinski definition) is 4. The van der Waals surface area contributed by atoms with Crippen LogP contribution in [0.2, 0.25) is 0 Å². The van der Waals surface area contributed by atoms with Crippen molar-refractivity contribution >= 4 is 23.3 Å². The number of pyridine rings is 1. The van der Waals surface area contributed by atoms with Crippen LogP contribution < -0.4 is 5.56 Å². The fourth-order valence-electron chi connectivity index (χ4n) is 2.09. The van der Waals surface area contributed by atoms with Gasteiger partial charge in [0.25, 0.3) is 12.0 Å². The van der Waals surface area contributed by atoms with Crippen LogP contribution in [0, 0.1) is 4.77 Å². The third kappa shape index (κ3) is 2.17. The van der Waals surface area contributed by atoms with E-state index in [4.69, 9.17) is 16.6 Å². The van der Waals surface area contributed by atoms with Crippen molar-refractivity contribution in [1.82, 2.24) is 14.5 Å². The summed E-state index contributed by atoms with van der Waals surface area (Å²) in [7, 11) is 1.55. The number of nitrogens with zero attached hydrogens (tertiary/aromatic N) is 2. The molecule has 0 fully saturated rings. The van der Waals surface area contributed by atoms with E-state index in [2.05, 4.69) is 9.97 Å². The molecule has 0 aliphatic carbocycles. The minimum absolute atomic E-state index is 0.0907. The first kappa shape index (κ1) is 13.6. The molecule has 5 nitrogen and oxygen atoms in total. The minimum atomic E-state index is -2.82.